The Kier molecular flexibility index (Phi) is 2.83. The van der Waals surface area contributed by atoms with Gasteiger partial charge < -0.3 is 15.0 Å². The van der Waals surface area contributed by atoms with E-state index in [4.69, 9.17) is 4.74 Å². The number of nitrogens with one attached hydrogen (secondary N) is 2. The van der Waals surface area contributed by atoms with Gasteiger partial charge in [-0.05, 0) is 14.0 Å². The molecule has 5 nitrogen and oxygen atoms in total. The van der Waals surface area contributed by atoms with E-state index in [1.807, 2.05) is 14.0 Å². The summed E-state index contributed by atoms with van der Waals surface area (Å²) in [4.78, 5) is 18.9. The van der Waals surface area contributed by atoms with Crippen molar-refractivity contribution in [2.75, 3.05) is 13.7 Å². The first-order chi connectivity index (χ1) is 7.22. The number of aromatic nitrogens is 2. The highest BCUT2D eigenvalue weighted by atomic mass is 16.5. The average Bonchev–Trinajstić information content (AvgIpc) is 2.28. The van der Waals surface area contributed by atoms with Gasteiger partial charge in [0.15, 0.2) is 0 Å². The minimum Gasteiger partial charge on any atom is -0.376 e. The van der Waals surface area contributed by atoms with Crippen LogP contribution in [0.5, 0.6) is 0 Å². The Balaban J connectivity index is 2.45. The minimum absolute atomic E-state index is 0.0610. The van der Waals surface area contributed by atoms with Crippen LogP contribution in [-0.2, 0) is 17.8 Å². The van der Waals surface area contributed by atoms with Crippen molar-refractivity contribution in [1.82, 2.24) is 15.3 Å². The zero-order chi connectivity index (χ0) is 10.8. The molecule has 0 saturated carbocycles. The SMILES string of the molecule is CNC(C)c1nc2c(c(=O)[nH]1)COCC2. The molecule has 0 fully saturated rings. The summed E-state index contributed by atoms with van der Waals surface area (Å²) < 4.78 is 5.23. The van der Waals surface area contributed by atoms with Crippen molar-refractivity contribution in [3.8, 4) is 0 Å². The largest absolute Gasteiger partial charge is 0.376 e. The second-order valence-corrected chi connectivity index (χ2v) is 3.69. The fraction of sp³-hybridized carbons (Fsp3) is 0.600. The van der Waals surface area contributed by atoms with Crippen LogP contribution in [0.1, 0.15) is 30.0 Å². The summed E-state index contributed by atoms with van der Waals surface area (Å²) in [6, 6.07) is 0.0610. The van der Waals surface area contributed by atoms with Crippen LogP contribution in [0.2, 0.25) is 0 Å². The first-order valence-corrected chi connectivity index (χ1v) is 5.09. The summed E-state index contributed by atoms with van der Waals surface area (Å²) in [7, 11) is 1.84. The zero-order valence-electron chi connectivity index (χ0n) is 8.96. The number of aromatic amines is 1. The topological polar surface area (TPSA) is 67.0 Å². The van der Waals surface area contributed by atoms with Gasteiger partial charge in [0.25, 0.3) is 5.56 Å². The number of rotatable bonds is 2. The van der Waals surface area contributed by atoms with Crippen LogP contribution in [0.15, 0.2) is 4.79 Å². The maximum absolute atomic E-state index is 11.7. The molecular weight excluding hydrogens is 194 g/mol. The molecule has 2 rings (SSSR count). The number of hydrogen-bond acceptors (Lipinski definition) is 4. The van der Waals surface area contributed by atoms with E-state index in [0.29, 0.717) is 24.6 Å². The molecule has 0 saturated heterocycles. The standard InChI is InChI=1S/C10H15N3O2/c1-6(11-2)9-12-8-3-4-15-5-7(8)10(14)13-9/h6,11H,3-5H2,1-2H3,(H,12,13,14). The maximum Gasteiger partial charge on any atom is 0.256 e. The summed E-state index contributed by atoms with van der Waals surface area (Å²) in [6.45, 7) is 2.99. The normalized spacial score (nSPS) is 17.2. The van der Waals surface area contributed by atoms with Crippen LogP contribution in [0.4, 0.5) is 0 Å². The van der Waals surface area contributed by atoms with Gasteiger partial charge in [0.05, 0.1) is 30.5 Å². The van der Waals surface area contributed by atoms with Gasteiger partial charge in [-0.1, -0.05) is 0 Å². The predicted octanol–water partition coefficient (Wildman–Crippen LogP) is 0.123. The molecule has 1 aromatic heterocycles. The number of H-pyrrole nitrogens is 1. The van der Waals surface area contributed by atoms with E-state index >= 15 is 0 Å². The summed E-state index contributed by atoms with van der Waals surface area (Å²) in [5.41, 5.74) is 1.48. The molecule has 1 unspecified atom stereocenters. The Bertz CT molecular complexity index is 414. The summed E-state index contributed by atoms with van der Waals surface area (Å²) in [5.74, 6) is 0.697. The molecule has 2 heterocycles. The Hall–Kier alpha value is -1.20. The molecule has 1 atom stereocenters. The Morgan fingerprint density at radius 3 is 3.13 bits per heavy atom. The van der Waals surface area contributed by atoms with Gasteiger partial charge in [-0.3, -0.25) is 4.79 Å². The van der Waals surface area contributed by atoms with Crippen molar-refractivity contribution in [2.24, 2.45) is 0 Å². The molecule has 15 heavy (non-hydrogen) atoms. The molecule has 1 aliphatic rings. The Morgan fingerprint density at radius 1 is 1.60 bits per heavy atom. The molecule has 1 aromatic rings. The van der Waals surface area contributed by atoms with E-state index in [2.05, 4.69) is 15.3 Å². The maximum atomic E-state index is 11.7. The Morgan fingerprint density at radius 2 is 2.40 bits per heavy atom. The molecule has 82 valence electrons. The molecule has 5 heteroatoms. The van der Waals surface area contributed by atoms with Gasteiger partial charge in [0, 0.05) is 6.42 Å². The van der Waals surface area contributed by atoms with Gasteiger partial charge >= 0.3 is 0 Å². The molecule has 0 bridgehead atoms. The molecule has 0 aromatic carbocycles. The predicted molar refractivity (Wildman–Crippen MR) is 55.7 cm³/mol. The lowest BCUT2D eigenvalue weighted by molar-refractivity contribution is 0.107. The van der Waals surface area contributed by atoms with E-state index in [9.17, 15) is 4.79 Å². The smallest absolute Gasteiger partial charge is 0.256 e. The number of nitrogens with zero attached hydrogens (tertiary/aromatic N) is 1. The van der Waals surface area contributed by atoms with Crippen molar-refractivity contribution in [1.29, 1.82) is 0 Å². The van der Waals surface area contributed by atoms with Crippen molar-refractivity contribution < 1.29 is 4.74 Å². The fourth-order valence-electron chi connectivity index (χ4n) is 1.60. The first-order valence-electron chi connectivity index (χ1n) is 5.09. The molecule has 0 amide bonds. The van der Waals surface area contributed by atoms with Crippen LogP contribution in [0, 0.1) is 0 Å². The van der Waals surface area contributed by atoms with Crippen LogP contribution in [0.25, 0.3) is 0 Å². The summed E-state index contributed by atoms with van der Waals surface area (Å²) in [5, 5.41) is 3.05. The van der Waals surface area contributed by atoms with E-state index in [0.717, 1.165) is 12.1 Å². The summed E-state index contributed by atoms with van der Waals surface area (Å²) >= 11 is 0. The molecule has 2 N–H and O–H groups in total. The third-order valence-electron chi connectivity index (χ3n) is 2.69. The number of ether oxygens (including phenoxy) is 1. The van der Waals surface area contributed by atoms with Crippen molar-refractivity contribution in [2.45, 2.75) is 26.0 Å². The van der Waals surface area contributed by atoms with Gasteiger partial charge in [-0.25, -0.2) is 4.98 Å². The second kappa shape index (κ2) is 4.12. The lowest BCUT2D eigenvalue weighted by Gasteiger charge is -2.17. The molecule has 0 aliphatic carbocycles. The summed E-state index contributed by atoms with van der Waals surface area (Å²) in [6.07, 6.45) is 0.725. The van der Waals surface area contributed by atoms with Gasteiger partial charge in [-0.15, -0.1) is 0 Å². The monoisotopic (exact) mass is 209 g/mol. The number of fused-ring (bicyclic) bond motifs is 1. The van der Waals surface area contributed by atoms with Crippen molar-refractivity contribution in [3.63, 3.8) is 0 Å². The second-order valence-electron chi connectivity index (χ2n) is 3.69. The lowest BCUT2D eigenvalue weighted by atomic mass is 10.1. The Labute approximate surface area is 87.9 Å². The third-order valence-corrected chi connectivity index (χ3v) is 2.69. The highest BCUT2D eigenvalue weighted by Crippen LogP contribution is 2.12. The highest BCUT2D eigenvalue weighted by Gasteiger charge is 2.17. The zero-order valence-corrected chi connectivity index (χ0v) is 8.96. The van der Waals surface area contributed by atoms with E-state index in [-0.39, 0.29) is 11.6 Å². The minimum atomic E-state index is -0.0724. The van der Waals surface area contributed by atoms with Crippen molar-refractivity contribution >= 4 is 0 Å². The van der Waals surface area contributed by atoms with E-state index in [1.54, 1.807) is 0 Å². The van der Waals surface area contributed by atoms with Crippen molar-refractivity contribution in [3.05, 3.63) is 27.4 Å². The van der Waals surface area contributed by atoms with E-state index in [1.165, 1.54) is 0 Å². The van der Waals surface area contributed by atoms with Crippen LogP contribution < -0.4 is 10.9 Å². The van der Waals surface area contributed by atoms with Crippen LogP contribution in [0.3, 0.4) is 0 Å². The average molecular weight is 209 g/mol. The van der Waals surface area contributed by atoms with E-state index < -0.39 is 0 Å². The lowest BCUT2D eigenvalue weighted by Crippen LogP contribution is -2.28. The van der Waals surface area contributed by atoms with Crippen LogP contribution >= 0.6 is 0 Å². The number of hydrogen-bond donors (Lipinski definition) is 2. The molecule has 0 spiro atoms. The molecule has 0 radical (unpaired) electrons. The first kappa shape index (κ1) is 10.3. The van der Waals surface area contributed by atoms with Gasteiger partial charge in [-0.2, -0.15) is 0 Å². The van der Waals surface area contributed by atoms with Crippen LogP contribution in [-0.4, -0.2) is 23.6 Å². The van der Waals surface area contributed by atoms with Gasteiger partial charge in [0.2, 0.25) is 0 Å². The quantitative estimate of drug-likeness (QED) is 0.726. The molecule has 1 aliphatic heterocycles. The molecular formula is C10H15N3O2. The third kappa shape index (κ3) is 1.93. The fourth-order valence-corrected chi connectivity index (χ4v) is 1.60. The van der Waals surface area contributed by atoms with Gasteiger partial charge in [0.1, 0.15) is 5.82 Å². The highest BCUT2D eigenvalue weighted by molar-refractivity contribution is 5.19.